The second-order valence-electron chi connectivity index (χ2n) is 8.50. The minimum absolute atomic E-state index is 0.0728. The van der Waals surface area contributed by atoms with Crippen LogP contribution in [-0.2, 0) is 14.8 Å². The van der Waals surface area contributed by atoms with Crippen molar-refractivity contribution in [3.63, 3.8) is 0 Å². The summed E-state index contributed by atoms with van der Waals surface area (Å²) in [6.07, 6.45) is 5.56. The molecule has 158 valence electrons. The van der Waals surface area contributed by atoms with Gasteiger partial charge in [-0.2, -0.15) is 4.31 Å². The quantitative estimate of drug-likeness (QED) is 0.810. The highest BCUT2D eigenvalue weighted by atomic mass is 32.2. The first-order valence-electron chi connectivity index (χ1n) is 10.6. The Morgan fingerprint density at radius 2 is 1.93 bits per heavy atom. The van der Waals surface area contributed by atoms with Crippen LogP contribution in [0.5, 0.6) is 0 Å². The molecule has 29 heavy (non-hydrogen) atoms. The summed E-state index contributed by atoms with van der Waals surface area (Å²) in [7, 11) is -3.81. The van der Waals surface area contributed by atoms with Gasteiger partial charge in [0.1, 0.15) is 0 Å². The second kappa shape index (κ2) is 8.07. The van der Waals surface area contributed by atoms with Crippen molar-refractivity contribution in [2.24, 2.45) is 11.8 Å². The number of carbonyl (C=O) groups excluding carboxylic acids is 2. The maximum Gasteiger partial charge on any atom is 0.254 e. The van der Waals surface area contributed by atoms with E-state index in [1.54, 1.807) is 12.1 Å². The summed E-state index contributed by atoms with van der Waals surface area (Å²) in [6, 6.07) is 6.54. The summed E-state index contributed by atoms with van der Waals surface area (Å²) in [6.45, 7) is 3.36. The molecule has 3 fully saturated rings. The van der Waals surface area contributed by atoms with Crippen molar-refractivity contribution in [3.8, 4) is 0 Å². The highest BCUT2D eigenvalue weighted by Crippen LogP contribution is 2.39. The number of carbonyl (C=O) groups is 2. The number of nitrogens with zero attached hydrogens (tertiary/aromatic N) is 2. The van der Waals surface area contributed by atoms with Gasteiger partial charge < -0.3 is 10.2 Å². The third-order valence-electron chi connectivity index (χ3n) is 6.72. The van der Waals surface area contributed by atoms with Gasteiger partial charge >= 0.3 is 0 Å². The summed E-state index contributed by atoms with van der Waals surface area (Å²) in [5.74, 6) is 0.779. The molecule has 3 aliphatic rings. The SMILES string of the molecule is CC1CCN(C(=O)c2cccc(S(=O)(=O)N3CCNC(=O)C3)c2)C2CCCCC12. The van der Waals surface area contributed by atoms with Crippen molar-refractivity contribution in [1.82, 2.24) is 14.5 Å². The molecule has 2 saturated heterocycles. The molecular formula is C21H29N3O4S. The van der Waals surface area contributed by atoms with E-state index in [-0.39, 0.29) is 35.8 Å². The van der Waals surface area contributed by atoms with Crippen molar-refractivity contribution in [2.75, 3.05) is 26.2 Å². The third-order valence-corrected chi connectivity index (χ3v) is 8.56. The number of piperidine rings is 1. The molecule has 8 heteroatoms. The largest absolute Gasteiger partial charge is 0.354 e. The molecule has 1 aromatic rings. The number of nitrogens with one attached hydrogen (secondary N) is 1. The minimum Gasteiger partial charge on any atom is -0.354 e. The lowest BCUT2D eigenvalue weighted by Gasteiger charge is -2.47. The summed E-state index contributed by atoms with van der Waals surface area (Å²) >= 11 is 0. The molecule has 3 atom stereocenters. The zero-order chi connectivity index (χ0) is 20.6. The number of likely N-dealkylation sites (tertiary alicyclic amines) is 1. The fraction of sp³-hybridized carbons (Fsp3) is 0.619. The zero-order valence-electron chi connectivity index (χ0n) is 16.8. The van der Waals surface area contributed by atoms with E-state index in [2.05, 4.69) is 12.2 Å². The van der Waals surface area contributed by atoms with Crippen LogP contribution in [0.25, 0.3) is 0 Å². The van der Waals surface area contributed by atoms with Crippen LogP contribution in [-0.4, -0.2) is 61.7 Å². The molecule has 4 rings (SSSR count). The number of benzene rings is 1. The van der Waals surface area contributed by atoms with Crippen molar-refractivity contribution < 1.29 is 18.0 Å². The molecular weight excluding hydrogens is 390 g/mol. The van der Waals surface area contributed by atoms with Gasteiger partial charge in [0.2, 0.25) is 15.9 Å². The number of piperazine rings is 1. The standard InChI is InChI=1S/C21H29N3O4S/c1-15-9-11-24(19-8-3-2-7-18(15)19)21(26)16-5-4-6-17(13-16)29(27,28)23-12-10-22-20(25)14-23/h4-6,13,15,18-19H,2-3,7-12,14H2,1H3,(H,22,25). The average molecular weight is 420 g/mol. The Labute approximate surface area is 172 Å². The number of hydrogen-bond donors (Lipinski definition) is 1. The van der Waals surface area contributed by atoms with Crippen LogP contribution in [0.3, 0.4) is 0 Å². The van der Waals surface area contributed by atoms with E-state index in [4.69, 9.17) is 0 Å². The van der Waals surface area contributed by atoms with Crippen molar-refractivity contribution in [3.05, 3.63) is 29.8 Å². The Morgan fingerprint density at radius 3 is 2.72 bits per heavy atom. The Hall–Kier alpha value is -1.93. The van der Waals surface area contributed by atoms with Gasteiger partial charge in [0.15, 0.2) is 0 Å². The topological polar surface area (TPSA) is 86.8 Å². The first-order valence-corrected chi connectivity index (χ1v) is 12.0. The lowest BCUT2D eigenvalue weighted by atomic mass is 9.72. The molecule has 7 nitrogen and oxygen atoms in total. The Bertz CT molecular complexity index is 901. The number of amides is 2. The molecule has 1 saturated carbocycles. The van der Waals surface area contributed by atoms with Gasteiger partial charge in [0.05, 0.1) is 11.4 Å². The van der Waals surface area contributed by atoms with E-state index >= 15 is 0 Å². The van der Waals surface area contributed by atoms with E-state index < -0.39 is 10.0 Å². The number of rotatable bonds is 3. The summed E-state index contributed by atoms with van der Waals surface area (Å²) in [4.78, 5) is 27.0. The molecule has 1 aliphatic carbocycles. The molecule has 0 bridgehead atoms. The van der Waals surface area contributed by atoms with Crippen molar-refractivity contribution in [2.45, 2.75) is 50.0 Å². The molecule has 1 N–H and O–H groups in total. The van der Waals surface area contributed by atoms with Crippen LogP contribution in [0.4, 0.5) is 0 Å². The monoisotopic (exact) mass is 419 g/mol. The zero-order valence-corrected chi connectivity index (χ0v) is 17.7. The van der Waals surface area contributed by atoms with E-state index in [0.717, 1.165) is 25.8 Å². The van der Waals surface area contributed by atoms with Crippen LogP contribution in [0.15, 0.2) is 29.2 Å². The smallest absolute Gasteiger partial charge is 0.254 e. The van der Waals surface area contributed by atoms with Crippen molar-refractivity contribution in [1.29, 1.82) is 0 Å². The predicted octanol–water partition coefficient (Wildman–Crippen LogP) is 1.85. The predicted molar refractivity (Wildman–Crippen MR) is 109 cm³/mol. The second-order valence-corrected chi connectivity index (χ2v) is 10.4. The van der Waals surface area contributed by atoms with E-state index in [1.165, 1.54) is 29.3 Å². The van der Waals surface area contributed by atoms with Gasteiger partial charge in [-0.3, -0.25) is 9.59 Å². The van der Waals surface area contributed by atoms with Crippen LogP contribution in [0.2, 0.25) is 0 Å². The Balaban J connectivity index is 1.58. The number of sulfonamides is 1. The Morgan fingerprint density at radius 1 is 1.14 bits per heavy atom. The van der Waals surface area contributed by atoms with Gasteiger partial charge in [-0.05, 0) is 49.3 Å². The van der Waals surface area contributed by atoms with Crippen LogP contribution in [0, 0.1) is 11.8 Å². The molecule has 2 amide bonds. The molecule has 2 heterocycles. The third kappa shape index (κ3) is 3.92. The summed E-state index contributed by atoms with van der Waals surface area (Å²) in [5, 5.41) is 2.63. The van der Waals surface area contributed by atoms with Gasteiger partial charge in [-0.25, -0.2) is 8.42 Å². The Kier molecular flexibility index (Phi) is 5.66. The van der Waals surface area contributed by atoms with Crippen LogP contribution in [0.1, 0.15) is 49.4 Å². The van der Waals surface area contributed by atoms with Gasteiger partial charge in [-0.15, -0.1) is 0 Å². The van der Waals surface area contributed by atoms with Gasteiger partial charge in [0, 0.05) is 31.2 Å². The molecule has 3 unspecified atom stereocenters. The minimum atomic E-state index is -3.81. The van der Waals surface area contributed by atoms with Gasteiger partial charge in [-0.1, -0.05) is 25.8 Å². The van der Waals surface area contributed by atoms with E-state index in [0.29, 0.717) is 23.9 Å². The van der Waals surface area contributed by atoms with Crippen molar-refractivity contribution >= 4 is 21.8 Å². The first kappa shape index (κ1) is 20.3. The summed E-state index contributed by atoms with van der Waals surface area (Å²) < 4.78 is 27.1. The fourth-order valence-corrected chi connectivity index (χ4v) is 6.53. The maximum atomic E-state index is 13.3. The van der Waals surface area contributed by atoms with Crippen LogP contribution >= 0.6 is 0 Å². The molecule has 2 aliphatic heterocycles. The fourth-order valence-electron chi connectivity index (χ4n) is 5.09. The summed E-state index contributed by atoms with van der Waals surface area (Å²) in [5.41, 5.74) is 0.409. The lowest BCUT2D eigenvalue weighted by Crippen LogP contribution is -2.52. The lowest BCUT2D eigenvalue weighted by molar-refractivity contribution is -0.122. The normalized spacial score (nSPS) is 28.5. The highest BCUT2D eigenvalue weighted by Gasteiger charge is 2.40. The first-order chi connectivity index (χ1) is 13.9. The maximum absolute atomic E-state index is 13.3. The van der Waals surface area contributed by atoms with E-state index in [1.807, 2.05) is 4.90 Å². The highest BCUT2D eigenvalue weighted by molar-refractivity contribution is 7.89. The molecule has 1 aromatic carbocycles. The van der Waals surface area contributed by atoms with Crippen LogP contribution < -0.4 is 5.32 Å². The average Bonchev–Trinajstić information content (AvgIpc) is 2.74. The van der Waals surface area contributed by atoms with Gasteiger partial charge in [0.25, 0.3) is 5.91 Å². The number of hydrogen-bond acceptors (Lipinski definition) is 4. The molecule has 0 aromatic heterocycles. The van der Waals surface area contributed by atoms with E-state index in [9.17, 15) is 18.0 Å². The molecule has 0 spiro atoms. The molecule has 0 radical (unpaired) electrons. The number of fused-ring (bicyclic) bond motifs is 1.